The largest absolute Gasteiger partial charge is 0.493 e. The summed E-state index contributed by atoms with van der Waals surface area (Å²) in [6.07, 6.45) is 0. The van der Waals surface area contributed by atoms with Gasteiger partial charge in [0.15, 0.2) is 0 Å². The van der Waals surface area contributed by atoms with Crippen molar-refractivity contribution in [2.24, 2.45) is 5.14 Å². The second kappa shape index (κ2) is 6.93. The summed E-state index contributed by atoms with van der Waals surface area (Å²) in [6, 6.07) is 16.3. The van der Waals surface area contributed by atoms with Crippen molar-refractivity contribution in [3.8, 4) is 5.75 Å². The summed E-state index contributed by atoms with van der Waals surface area (Å²) in [6.45, 7) is 0.209. The lowest BCUT2D eigenvalue weighted by molar-refractivity contribution is 0.296. The number of halogens is 1. The molecule has 0 radical (unpaired) electrons. The van der Waals surface area contributed by atoms with E-state index in [2.05, 4.69) is 0 Å². The molecule has 0 aromatic heterocycles. The van der Waals surface area contributed by atoms with Crippen LogP contribution in [0.3, 0.4) is 0 Å². The van der Waals surface area contributed by atoms with Crippen LogP contribution in [0.4, 0.5) is 0 Å². The van der Waals surface area contributed by atoms with Crippen molar-refractivity contribution in [1.82, 2.24) is 0 Å². The van der Waals surface area contributed by atoms with Crippen molar-refractivity contribution < 1.29 is 13.2 Å². The minimum absolute atomic E-state index is 0.169. The Bertz CT molecular complexity index is 689. The summed E-state index contributed by atoms with van der Waals surface area (Å²) in [5, 5.41) is 5.73. The van der Waals surface area contributed by atoms with Gasteiger partial charge in [-0.05, 0) is 23.8 Å². The number of primary sulfonamides is 1. The molecular formula is C15H16ClNO3S. The van der Waals surface area contributed by atoms with E-state index < -0.39 is 10.0 Å². The van der Waals surface area contributed by atoms with Gasteiger partial charge in [0.05, 0.1) is 12.4 Å². The predicted octanol–water partition coefficient (Wildman–Crippen LogP) is 2.79. The highest BCUT2D eigenvalue weighted by Gasteiger charge is 2.18. The van der Waals surface area contributed by atoms with Crippen molar-refractivity contribution >= 4 is 21.6 Å². The van der Waals surface area contributed by atoms with E-state index in [1.165, 1.54) is 0 Å². The van der Waals surface area contributed by atoms with Crippen LogP contribution in [0.2, 0.25) is 5.02 Å². The molecule has 0 aliphatic heterocycles. The van der Waals surface area contributed by atoms with Gasteiger partial charge in [-0.15, -0.1) is 0 Å². The van der Waals surface area contributed by atoms with Gasteiger partial charge in [-0.2, -0.15) is 0 Å². The standard InChI is InChI=1S/C15H16ClNO3S/c16-14-7-4-8-15(9-14)20-10-13(11-21(17,18)19)12-5-2-1-3-6-12/h1-9,13H,10-11H2,(H2,17,18,19). The van der Waals surface area contributed by atoms with Crippen LogP contribution in [0.25, 0.3) is 0 Å². The Balaban J connectivity index is 2.13. The summed E-state index contributed by atoms with van der Waals surface area (Å²) in [7, 11) is -3.59. The summed E-state index contributed by atoms with van der Waals surface area (Å²) in [5.74, 6) is 0.0930. The molecule has 2 aromatic rings. The number of nitrogens with two attached hydrogens (primary N) is 1. The molecule has 0 spiro atoms. The average molecular weight is 326 g/mol. The minimum atomic E-state index is -3.59. The fourth-order valence-corrected chi connectivity index (χ4v) is 3.03. The second-order valence-corrected chi connectivity index (χ2v) is 6.80. The van der Waals surface area contributed by atoms with Gasteiger partial charge >= 0.3 is 0 Å². The molecule has 6 heteroatoms. The van der Waals surface area contributed by atoms with E-state index in [-0.39, 0.29) is 18.3 Å². The van der Waals surface area contributed by atoms with Crippen LogP contribution in [0.15, 0.2) is 54.6 Å². The van der Waals surface area contributed by atoms with Crippen molar-refractivity contribution in [2.45, 2.75) is 5.92 Å². The highest BCUT2D eigenvalue weighted by molar-refractivity contribution is 7.89. The monoisotopic (exact) mass is 325 g/mol. The maximum Gasteiger partial charge on any atom is 0.209 e. The zero-order valence-electron chi connectivity index (χ0n) is 11.3. The lowest BCUT2D eigenvalue weighted by atomic mass is 10.0. The molecule has 0 aliphatic rings. The van der Waals surface area contributed by atoms with Crippen LogP contribution in [-0.4, -0.2) is 20.8 Å². The van der Waals surface area contributed by atoms with Crippen LogP contribution in [0, 0.1) is 0 Å². The SMILES string of the molecule is NS(=O)(=O)CC(COc1cccc(Cl)c1)c1ccccc1. The third kappa shape index (κ3) is 5.38. The van der Waals surface area contributed by atoms with Gasteiger partial charge in [0.2, 0.25) is 10.0 Å². The van der Waals surface area contributed by atoms with Crippen molar-refractivity contribution in [2.75, 3.05) is 12.4 Å². The first kappa shape index (κ1) is 15.8. The molecule has 0 heterocycles. The molecule has 1 unspecified atom stereocenters. The van der Waals surface area contributed by atoms with E-state index in [0.717, 1.165) is 5.56 Å². The summed E-state index contributed by atoms with van der Waals surface area (Å²) < 4.78 is 28.4. The molecule has 0 saturated carbocycles. The summed E-state index contributed by atoms with van der Waals surface area (Å²) in [5.41, 5.74) is 0.869. The van der Waals surface area contributed by atoms with E-state index in [1.807, 2.05) is 30.3 Å². The number of sulfonamides is 1. The number of rotatable bonds is 6. The molecule has 1 atom stereocenters. The van der Waals surface area contributed by atoms with Gasteiger partial charge < -0.3 is 4.74 Å². The predicted molar refractivity (Wildman–Crippen MR) is 84.1 cm³/mol. The van der Waals surface area contributed by atoms with Crippen molar-refractivity contribution in [3.05, 3.63) is 65.2 Å². The summed E-state index contributed by atoms with van der Waals surface area (Å²) >= 11 is 5.89. The molecule has 0 bridgehead atoms. The van der Waals surface area contributed by atoms with E-state index >= 15 is 0 Å². The molecule has 0 saturated heterocycles. The van der Waals surface area contributed by atoms with Gasteiger partial charge in [-0.25, -0.2) is 13.6 Å². The maximum absolute atomic E-state index is 11.4. The van der Waals surface area contributed by atoms with Gasteiger partial charge in [-0.1, -0.05) is 48.0 Å². The highest BCUT2D eigenvalue weighted by atomic mass is 35.5. The first-order chi connectivity index (χ1) is 9.94. The molecule has 2 rings (SSSR count). The molecular weight excluding hydrogens is 310 g/mol. The minimum Gasteiger partial charge on any atom is -0.493 e. The quantitative estimate of drug-likeness (QED) is 0.887. The molecule has 2 aromatic carbocycles. The Hall–Kier alpha value is -1.56. The zero-order valence-corrected chi connectivity index (χ0v) is 12.8. The molecule has 112 valence electrons. The average Bonchev–Trinajstić information content (AvgIpc) is 2.43. The lowest BCUT2D eigenvalue weighted by Crippen LogP contribution is -2.25. The topological polar surface area (TPSA) is 69.4 Å². The fraction of sp³-hybridized carbons (Fsp3) is 0.200. The van der Waals surface area contributed by atoms with E-state index in [1.54, 1.807) is 24.3 Å². The van der Waals surface area contributed by atoms with Crippen LogP contribution in [0.5, 0.6) is 5.75 Å². The van der Waals surface area contributed by atoms with Gasteiger partial charge in [0, 0.05) is 10.9 Å². The van der Waals surface area contributed by atoms with Gasteiger partial charge in [-0.3, -0.25) is 0 Å². The van der Waals surface area contributed by atoms with Crippen molar-refractivity contribution in [3.63, 3.8) is 0 Å². The first-order valence-corrected chi connectivity index (χ1v) is 8.47. The van der Waals surface area contributed by atoms with Crippen LogP contribution >= 0.6 is 11.6 Å². The molecule has 21 heavy (non-hydrogen) atoms. The molecule has 0 amide bonds. The summed E-state index contributed by atoms with van der Waals surface area (Å²) in [4.78, 5) is 0. The third-order valence-electron chi connectivity index (χ3n) is 2.95. The van der Waals surface area contributed by atoms with E-state index in [0.29, 0.717) is 10.8 Å². The Morgan fingerprint density at radius 1 is 1.10 bits per heavy atom. The number of ether oxygens (including phenoxy) is 1. The highest BCUT2D eigenvalue weighted by Crippen LogP contribution is 2.21. The lowest BCUT2D eigenvalue weighted by Gasteiger charge is -2.17. The Morgan fingerprint density at radius 3 is 2.43 bits per heavy atom. The van der Waals surface area contributed by atoms with Crippen LogP contribution < -0.4 is 9.88 Å². The Morgan fingerprint density at radius 2 is 1.81 bits per heavy atom. The van der Waals surface area contributed by atoms with Crippen molar-refractivity contribution in [1.29, 1.82) is 0 Å². The number of hydrogen-bond donors (Lipinski definition) is 1. The zero-order chi connectivity index (χ0) is 15.3. The fourth-order valence-electron chi connectivity index (χ4n) is 2.00. The second-order valence-electron chi connectivity index (χ2n) is 4.71. The Kier molecular flexibility index (Phi) is 5.22. The first-order valence-electron chi connectivity index (χ1n) is 6.38. The van der Waals surface area contributed by atoms with E-state index in [4.69, 9.17) is 21.5 Å². The van der Waals surface area contributed by atoms with Gasteiger partial charge in [0.1, 0.15) is 5.75 Å². The molecule has 0 fully saturated rings. The normalized spacial score (nSPS) is 12.9. The van der Waals surface area contributed by atoms with Crippen LogP contribution in [-0.2, 0) is 10.0 Å². The maximum atomic E-state index is 11.4. The number of hydrogen-bond acceptors (Lipinski definition) is 3. The smallest absolute Gasteiger partial charge is 0.209 e. The van der Waals surface area contributed by atoms with Crippen LogP contribution in [0.1, 0.15) is 11.5 Å². The van der Waals surface area contributed by atoms with E-state index in [9.17, 15) is 8.42 Å². The molecule has 2 N–H and O–H groups in total. The van der Waals surface area contributed by atoms with Gasteiger partial charge in [0.25, 0.3) is 0 Å². The third-order valence-corrected chi connectivity index (χ3v) is 4.05. The molecule has 0 aliphatic carbocycles. The molecule has 4 nitrogen and oxygen atoms in total. The Labute approximate surface area is 129 Å². The number of benzene rings is 2.